The van der Waals surface area contributed by atoms with Crippen LogP contribution in [-0.2, 0) is 12.8 Å². The van der Waals surface area contributed by atoms with Crippen LogP contribution < -0.4 is 5.32 Å². The lowest BCUT2D eigenvalue weighted by Crippen LogP contribution is -2.21. The summed E-state index contributed by atoms with van der Waals surface area (Å²) in [6, 6.07) is 3.07. The average molecular weight is 292 g/mol. The smallest absolute Gasteiger partial charge is 0.0415 e. The predicted molar refractivity (Wildman–Crippen MR) is 90.7 cm³/mol. The average Bonchev–Trinajstić information content (AvgIpc) is 2.73. The molecule has 0 spiro atoms. The summed E-state index contributed by atoms with van der Waals surface area (Å²) in [5.41, 5.74) is 1.65. The van der Waals surface area contributed by atoms with Gasteiger partial charge in [-0.3, -0.25) is 0 Å². The molecule has 2 heteroatoms. The molecule has 1 aliphatic carbocycles. The summed E-state index contributed by atoms with van der Waals surface area (Å²) in [6.45, 7) is 7.21. The molecule has 1 aromatic heterocycles. The number of nitrogens with one attached hydrogen (secondary N) is 1. The fourth-order valence-corrected chi connectivity index (χ4v) is 4.36. The SMILES string of the molecule is C=CCCCC(NCCC)c1cc2c(s1)CCCCC2. The second kappa shape index (κ2) is 8.63. The Morgan fingerprint density at radius 1 is 1.35 bits per heavy atom. The van der Waals surface area contributed by atoms with Gasteiger partial charge in [0.15, 0.2) is 0 Å². The van der Waals surface area contributed by atoms with Crippen molar-refractivity contribution in [3.63, 3.8) is 0 Å². The summed E-state index contributed by atoms with van der Waals surface area (Å²) in [7, 11) is 0. The Balaban J connectivity index is 2.04. The lowest BCUT2D eigenvalue weighted by atomic mass is 10.1. The molecule has 1 aromatic rings. The third kappa shape index (κ3) is 4.46. The Bertz CT molecular complexity index is 384. The second-order valence-electron chi connectivity index (χ2n) is 5.88. The van der Waals surface area contributed by atoms with E-state index in [4.69, 9.17) is 0 Å². The van der Waals surface area contributed by atoms with E-state index in [1.807, 2.05) is 6.08 Å². The van der Waals surface area contributed by atoms with Crippen LogP contribution in [0.25, 0.3) is 0 Å². The molecule has 0 saturated heterocycles. The summed E-state index contributed by atoms with van der Waals surface area (Å²) in [4.78, 5) is 3.25. The molecule has 0 aliphatic heterocycles. The topological polar surface area (TPSA) is 12.0 Å². The second-order valence-corrected chi connectivity index (χ2v) is 7.05. The van der Waals surface area contributed by atoms with Crippen molar-refractivity contribution in [3.05, 3.63) is 34.0 Å². The highest BCUT2D eigenvalue weighted by atomic mass is 32.1. The molecule has 1 unspecified atom stereocenters. The first-order valence-corrected chi connectivity index (χ1v) is 9.12. The van der Waals surface area contributed by atoms with Gasteiger partial charge in [0.05, 0.1) is 0 Å². The van der Waals surface area contributed by atoms with Gasteiger partial charge in [-0.15, -0.1) is 17.9 Å². The minimum atomic E-state index is 0.562. The molecule has 0 saturated carbocycles. The molecule has 0 radical (unpaired) electrons. The Morgan fingerprint density at radius 3 is 3.00 bits per heavy atom. The van der Waals surface area contributed by atoms with Crippen molar-refractivity contribution < 1.29 is 0 Å². The van der Waals surface area contributed by atoms with Gasteiger partial charge in [-0.25, -0.2) is 0 Å². The van der Waals surface area contributed by atoms with E-state index >= 15 is 0 Å². The molecule has 1 nitrogen and oxygen atoms in total. The van der Waals surface area contributed by atoms with Crippen molar-refractivity contribution in [2.45, 2.75) is 70.8 Å². The van der Waals surface area contributed by atoms with Crippen molar-refractivity contribution >= 4 is 11.3 Å². The van der Waals surface area contributed by atoms with Gasteiger partial charge in [-0.05, 0) is 69.5 Å². The lowest BCUT2D eigenvalue weighted by molar-refractivity contribution is 0.492. The highest BCUT2D eigenvalue weighted by Gasteiger charge is 2.17. The van der Waals surface area contributed by atoms with Gasteiger partial charge in [0.25, 0.3) is 0 Å². The molecule has 0 bridgehead atoms. The zero-order valence-corrected chi connectivity index (χ0v) is 13.7. The monoisotopic (exact) mass is 291 g/mol. The first kappa shape index (κ1) is 15.8. The predicted octanol–water partition coefficient (Wildman–Crippen LogP) is 5.41. The van der Waals surface area contributed by atoms with Crippen molar-refractivity contribution in [1.29, 1.82) is 0 Å². The normalized spacial score (nSPS) is 16.4. The minimum absolute atomic E-state index is 0.562. The third-order valence-electron chi connectivity index (χ3n) is 4.15. The number of thiophene rings is 1. The molecule has 1 heterocycles. The Morgan fingerprint density at radius 2 is 2.20 bits per heavy atom. The number of aryl methyl sites for hydroxylation is 2. The van der Waals surface area contributed by atoms with Gasteiger partial charge in [0, 0.05) is 15.8 Å². The zero-order chi connectivity index (χ0) is 14.2. The molecule has 1 atom stereocenters. The molecule has 0 fully saturated rings. The minimum Gasteiger partial charge on any atom is -0.309 e. The summed E-state index contributed by atoms with van der Waals surface area (Å²) in [5, 5.41) is 3.75. The van der Waals surface area contributed by atoms with Crippen LogP contribution in [0.1, 0.15) is 73.2 Å². The largest absolute Gasteiger partial charge is 0.309 e. The number of fused-ring (bicyclic) bond motifs is 1. The van der Waals surface area contributed by atoms with Gasteiger partial charge < -0.3 is 5.32 Å². The molecule has 0 amide bonds. The summed E-state index contributed by atoms with van der Waals surface area (Å²) < 4.78 is 0. The quantitative estimate of drug-likeness (QED) is 0.383. The molecule has 112 valence electrons. The van der Waals surface area contributed by atoms with Crippen molar-refractivity contribution in [2.75, 3.05) is 6.54 Å². The molecule has 20 heavy (non-hydrogen) atoms. The van der Waals surface area contributed by atoms with E-state index in [0.29, 0.717) is 6.04 Å². The molecular weight excluding hydrogens is 262 g/mol. The van der Waals surface area contributed by atoms with Crippen LogP contribution >= 0.6 is 11.3 Å². The molecule has 1 aliphatic rings. The van der Waals surface area contributed by atoms with Gasteiger partial charge >= 0.3 is 0 Å². The summed E-state index contributed by atoms with van der Waals surface area (Å²) in [5.74, 6) is 0. The van der Waals surface area contributed by atoms with Crippen LogP contribution in [0, 0.1) is 0 Å². The van der Waals surface area contributed by atoms with Gasteiger partial charge in [-0.2, -0.15) is 0 Å². The van der Waals surface area contributed by atoms with Crippen molar-refractivity contribution in [2.24, 2.45) is 0 Å². The fourth-order valence-electron chi connectivity index (χ4n) is 2.99. The number of hydrogen-bond acceptors (Lipinski definition) is 2. The van der Waals surface area contributed by atoms with E-state index in [1.165, 1.54) is 51.4 Å². The van der Waals surface area contributed by atoms with E-state index in [-0.39, 0.29) is 0 Å². The van der Waals surface area contributed by atoms with Crippen LogP contribution in [0.15, 0.2) is 18.7 Å². The Kier molecular flexibility index (Phi) is 6.81. The van der Waals surface area contributed by atoms with E-state index < -0.39 is 0 Å². The van der Waals surface area contributed by atoms with E-state index in [9.17, 15) is 0 Å². The zero-order valence-electron chi connectivity index (χ0n) is 12.9. The van der Waals surface area contributed by atoms with Crippen LogP contribution in [0.3, 0.4) is 0 Å². The number of allylic oxidation sites excluding steroid dienone is 1. The summed E-state index contributed by atoms with van der Waals surface area (Å²) >= 11 is 2.08. The van der Waals surface area contributed by atoms with Crippen LogP contribution in [-0.4, -0.2) is 6.54 Å². The first-order chi connectivity index (χ1) is 9.85. The van der Waals surface area contributed by atoms with Crippen LogP contribution in [0.4, 0.5) is 0 Å². The molecule has 1 N–H and O–H groups in total. The highest BCUT2D eigenvalue weighted by molar-refractivity contribution is 7.12. The maximum Gasteiger partial charge on any atom is 0.0415 e. The standard InChI is InChI=1S/C18H29NS/c1-3-5-7-11-16(19-13-4-2)18-14-15-10-8-6-9-12-17(15)20-18/h3,14,16,19H,1,4-13H2,2H3. The van der Waals surface area contributed by atoms with E-state index in [2.05, 4.69) is 36.2 Å². The maximum absolute atomic E-state index is 3.84. The number of hydrogen-bond donors (Lipinski definition) is 1. The van der Waals surface area contributed by atoms with Gasteiger partial charge in [0.1, 0.15) is 0 Å². The Hall–Kier alpha value is -0.600. The van der Waals surface area contributed by atoms with Crippen LogP contribution in [0.2, 0.25) is 0 Å². The number of unbranched alkanes of at least 4 members (excludes halogenated alkanes) is 1. The van der Waals surface area contributed by atoms with Gasteiger partial charge in [0.2, 0.25) is 0 Å². The first-order valence-electron chi connectivity index (χ1n) is 8.31. The van der Waals surface area contributed by atoms with Crippen molar-refractivity contribution in [3.8, 4) is 0 Å². The number of rotatable bonds is 8. The highest BCUT2D eigenvalue weighted by Crippen LogP contribution is 2.34. The van der Waals surface area contributed by atoms with Crippen molar-refractivity contribution in [1.82, 2.24) is 5.32 Å². The maximum atomic E-state index is 3.84. The van der Waals surface area contributed by atoms with E-state index in [1.54, 1.807) is 15.3 Å². The summed E-state index contributed by atoms with van der Waals surface area (Å²) in [6.07, 6.45) is 13.7. The van der Waals surface area contributed by atoms with Crippen LogP contribution in [0.5, 0.6) is 0 Å². The Labute approximate surface area is 128 Å². The third-order valence-corrected chi connectivity index (χ3v) is 5.50. The lowest BCUT2D eigenvalue weighted by Gasteiger charge is -2.16. The fraction of sp³-hybridized carbons (Fsp3) is 0.667. The van der Waals surface area contributed by atoms with E-state index in [0.717, 1.165) is 13.0 Å². The molecule has 0 aromatic carbocycles. The van der Waals surface area contributed by atoms with Gasteiger partial charge in [-0.1, -0.05) is 19.4 Å². The molecular formula is C18H29NS. The molecule has 2 rings (SSSR count).